The summed E-state index contributed by atoms with van der Waals surface area (Å²) >= 11 is 0. The van der Waals surface area contributed by atoms with E-state index in [0.29, 0.717) is 12.8 Å². The molecule has 0 aromatic carbocycles. The van der Waals surface area contributed by atoms with E-state index in [1.165, 1.54) is 193 Å². The minimum Gasteiger partial charge on any atom is -0.394 e. The van der Waals surface area contributed by atoms with Crippen LogP contribution in [0.15, 0.2) is 12.2 Å². The third kappa shape index (κ3) is 37.2. The van der Waals surface area contributed by atoms with Crippen LogP contribution in [0, 0.1) is 0 Å². The van der Waals surface area contributed by atoms with Crippen molar-refractivity contribution in [2.45, 2.75) is 270 Å². The predicted molar refractivity (Wildman–Crippen MR) is 222 cm³/mol. The van der Waals surface area contributed by atoms with Crippen molar-refractivity contribution in [3.8, 4) is 0 Å². The highest BCUT2D eigenvalue weighted by atomic mass is 16.3. The quantitative estimate of drug-likeness (QED) is 0.0373. The lowest BCUT2D eigenvalue weighted by Gasteiger charge is -2.23. The SMILES string of the molecule is CCCCCCCCCCCCCC/C=C\CCCCCCCCC(O)C(=O)NC(CO)C(O)CCCCCCCCCCCCCCCCC. The van der Waals surface area contributed by atoms with Crippen molar-refractivity contribution >= 4 is 5.91 Å². The Morgan fingerprint density at radius 2 is 0.745 bits per heavy atom. The lowest BCUT2D eigenvalue weighted by Crippen LogP contribution is -2.49. The molecule has 0 aliphatic heterocycles. The number of aliphatic hydroxyl groups excluding tert-OH is 3. The van der Waals surface area contributed by atoms with E-state index in [1.54, 1.807) is 0 Å². The molecule has 0 bridgehead atoms. The van der Waals surface area contributed by atoms with Gasteiger partial charge in [0.15, 0.2) is 0 Å². The molecule has 0 radical (unpaired) electrons. The molecule has 0 saturated heterocycles. The Kier molecular flexibility index (Phi) is 41.1. The molecule has 0 aromatic heterocycles. The highest BCUT2D eigenvalue weighted by molar-refractivity contribution is 5.80. The Labute approximate surface area is 319 Å². The van der Waals surface area contributed by atoms with Gasteiger partial charge in [0.05, 0.1) is 18.8 Å². The van der Waals surface area contributed by atoms with Gasteiger partial charge in [-0.05, 0) is 38.5 Å². The molecule has 51 heavy (non-hydrogen) atoms. The van der Waals surface area contributed by atoms with Gasteiger partial charge in [0.1, 0.15) is 6.10 Å². The molecule has 4 N–H and O–H groups in total. The highest BCUT2D eigenvalue weighted by Crippen LogP contribution is 2.16. The molecule has 3 unspecified atom stereocenters. The van der Waals surface area contributed by atoms with Crippen LogP contribution in [-0.2, 0) is 4.79 Å². The summed E-state index contributed by atoms with van der Waals surface area (Å²) in [5, 5.41) is 33.3. The van der Waals surface area contributed by atoms with Crippen molar-refractivity contribution < 1.29 is 20.1 Å². The Morgan fingerprint density at radius 1 is 0.451 bits per heavy atom. The van der Waals surface area contributed by atoms with E-state index in [2.05, 4.69) is 31.3 Å². The van der Waals surface area contributed by atoms with E-state index in [1.807, 2.05) is 0 Å². The largest absolute Gasteiger partial charge is 0.394 e. The second kappa shape index (κ2) is 41.8. The molecule has 1 amide bonds. The number of allylic oxidation sites excluding steroid dienone is 2. The van der Waals surface area contributed by atoms with Gasteiger partial charge in [-0.25, -0.2) is 0 Å². The van der Waals surface area contributed by atoms with Crippen molar-refractivity contribution in [1.29, 1.82) is 0 Å². The van der Waals surface area contributed by atoms with Gasteiger partial charge in [0.25, 0.3) is 0 Å². The van der Waals surface area contributed by atoms with Crippen LogP contribution >= 0.6 is 0 Å². The number of nitrogens with one attached hydrogen (secondary N) is 1. The molecule has 0 fully saturated rings. The van der Waals surface area contributed by atoms with E-state index in [4.69, 9.17) is 0 Å². The number of amides is 1. The maximum atomic E-state index is 12.5. The van der Waals surface area contributed by atoms with Crippen molar-refractivity contribution in [3.05, 3.63) is 12.2 Å². The molecule has 0 saturated carbocycles. The third-order valence-electron chi connectivity index (χ3n) is 10.9. The smallest absolute Gasteiger partial charge is 0.249 e. The van der Waals surface area contributed by atoms with Gasteiger partial charge >= 0.3 is 0 Å². The molecule has 5 nitrogen and oxygen atoms in total. The van der Waals surface area contributed by atoms with Crippen molar-refractivity contribution in [3.63, 3.8) is 0 Å². The maximum Gasteiger partial charge on any atom is 0.249 e. The van der Waals surface area contributed by atoms with E-state index in [9.17, 15) is 20.1 Å². The summed E-state index contributed by atoms with van der Waals surface area (Å²) in [4.78, 5) is 12.5. The van der Waals surface area contributed by atoms with Gasteiger partial charge in [-0.1, -0.05) is 225 Å². The van der Waals surface area contributed by atoms with Crippen molar-refractivity contribution in [1.82, 2.24) is 5.32 Å². The van der Waals surface area contributed by atoms with Crippen LogP contribution in [0.2, 0.25) is 0 Å². The van der Waals surface area contributed by atoms with Gasteiger partial charge in [-0.2, -0.15) is 0 Å². The van der Waals surface area contributed by atoms with Crippen LogP contribution in [0.4, 0.5) is 0 Å². The number of hydrogen-bond donors (Lipinski definition) is 4. The van der Waals surface area contributed by atoms with Crippen molar-refractivity contribution in [2.75, 3.05) is 6.61 Å². The monoisotopic (exact) mass is 722 g/mol. The highest BCUT2D eigenvalue weighted by Gasteiger charge is 2.23. The summed E-state index contributed by atoms with van der Waals surface area (Å²) in [5.74, 6) is -0.472. The molecular formula is C46H91NO4. The molecule has 0 heterocycles. The van der Waals surface area contributed by atoms with Crippen LogP contribution in [-0.4, -0.2) is 46.1 Å². The molecule has 0 aliphatic rings. The summed E-state index contributed by atoms with van der Waals surface area (Å²) < 4.78 is 0. The molecule has 0 spiro atoms. The number of carbonyl (C=O) groups is 1. The number of carbonyl (C=O) groups excluding carboxylic acids is 1. The molecule has 3 atom stereocenters. The average molecular weight is 722 g/mol. The molecule has 0 aliphatic carbocycles. The number of unbranched alkanes of at least 4 members (excludes halogenated alkanes) is 32. The fourth-order valence-corrected chi connectivity index (χ4v) is 7.25. The normalized spacial score (nSPS) is 13.6. The second-order valence-corrected chi connectivity index (χ2v) is 16.0. The van der Waals surface area contributed by atoms with Crippen molar-refractivity contribution in [2.24, 2.45) is 0 Å². The fourth-order valence-electron chi connectivity index (χ4n) is 7.25. The lowest BCUT2D eigenvalue weighted by atomic mass is 10.0. The Hall–Kier alpha value is -0.910. The third-order valence-corrected chi connectivity index (χ3v) is 10.9. The first-order valence-corrected chi connectivity index (χ1v) is 23.0. The Morgan fingerprint density at radius 3 is 1.08 bits per heavy atom. The predicted octanol–water partition coefficient (Wildman–Crippen LogP) is 13.2. The van der Waals surface area contributed by atoms with Crippen LogP contribution in [0.1, 0.15) is 251 Å². The Balaban J connectivity index is 3.59. The van der Waals surface area contributed by atoms with Gasteiger partial charge < -0.3 is 20.6 Å². The first-order valence-electron chi connectivity index (χ1n) is 23.0. The number of rotatable bonds is 42. The zero-order chi connectivity index (χ0) is 37.3. The summed E-state index contributed by atoms with van der Waals surface area (Å²) in [6, 6.07) is -0.711. The van der Waals surface area contributed by atoms with Gasteiger partial charge in [0.2, 0.25) is 5.91 Å². The summed E-state index contributed by atoms with van der Waals surface area (Å²) in [6.45, 7) is 4.24. The standard InChI is InChI=1S/C46H91NO4/c1-3-5-7-9-11-13-15-17-19-20-21-22-23-24-25-27-29-31-33-35-37-39-41-45(50)46(51)47-43(42-48)44(49)40-38-36-34-32-30-28-26-18-16-14-12-10-8-6-4-2/h24-25,43-45,48-50H,3-23,26-42H2,1-2H3,(H,47,51)/b25-24-. The topological polar surface area (TPSA) is 89.8 Å². The molecule has 304 valence electrons. The fraction of sp³-hybridized carbons (Fsp3) is 0.935. The van der Waals surface area contributed by atoms with Gasteiger partial charge in [-0.15, -0.1) is 0 Å². The summed E-state index contributed by atoms with van der Waals surface area (Å²) in [6.07, 6.45) is 49.3. The van der Waals surface area contributed by atoms with E-state index in [0.717, 1.165) is 32.1 Å². The summed E-state index contributed by atoms with van der Waals surface area (Å²) in [7, 11) is 0. The van der Waals surface area contributed by atoms with E-state index < -0.39 is 24.2 Å². The van der Waals surface area contributed by atoms with Gasteiger partial charge in [0, 0.05) is 0 Å². The van der Waals surface area contributed by atoms with E-state index in [-0.39, 0.29) is 6.61 Å². The maximum absolute atomic E-state index is 12.5. The zero-order valence-electron chi connectivity index (χ0n) is 34.5. The number of aliphatic hydroxyl groups is 3. The minimum atomic E-state index is -1.08. The lowest BCUT2D eigenvalue weighted by molar-refractivity contribution is -0.131. The van der Waals surface area contributed by atoms with E-state index >= 15 is 0 Å². The molecule has 0 aromatic rings. The van der Waals surface area contributed by atoms with Crippen LogP contribution in [0.25, 0.3) is 0 Å². The Bertz CT molecular complexity index is 713. The van der Waals surface area contributed by atoms with Gasteiger partial charge in [-0.3, -0.25) is 4.79 Å². The number of hydrogen-bond acceptors (Lipinski definition) is 4. The van der Waals surface area contributed by atoms with Crippen LogP contribution in [0.5, 0.6) is 0 Å². The average Bonchev–Trinajstić information content (AvgIpc) is 3.13. The summed E-state index contributed by atoms with van der Waals surface area (Å²) in [5.41, 5.74) is 0. The molecule has 5 heteroatoms. The zero-order valence-corrected chi connectivity index (χ0v) is 34.5. The molecule has 0 rings (SSSR count). The minimum absolute atomic E-state index is 0.313. The first-order chi connectivity index (χ1) is 25.1. The second-order valence-electron chi connectivity index (χ2n) is 16.0. The first kappa shape index (κ1) is 50.1. The van der Waals surface area contributed by atoms with Crippen LogP contribution in [0.3, 0.4) is 0 Å². The van der Waals surface area contributed by atoms with Crippen LogP contribution < -0.4 is 5.32 Å². The molecular weight excluding hydrogens is 631 g/mol.